The van der Waals surface area contributed by atoms with E-state index in [0.29, 0.717) is 30.9 Å². The van der Waals surface area contributed by atoms with E-state index >= 15 is 0 Å². The van der Waals surface area contributed by atoms with Crippen molar-refractivity contribution in [3.05, 3.63) is 54.3 Å². The number of benzene rings is 2. The second kappa shape index (κ2) is 17.4. The highest BCUT2D eigenvalue weighted by molar-refractivity contribution is 6.01. The van der Waals surface area contributed by atoms with E-state index in [1.807, 2.05) is 6.92 Å². The second-order valence-electron chi connectivity index (χ2n) is 8.94. The van der Waals surface area contributed by atoms with E-state index in [-0.39, 0.29) is 24.3 Å². The molecule has 3 amide bonds. The van der Waals surface area contributed by atoms with Gasteiger partial charge < -0.3 is 15.4 Å². The lowest BCUT2D eigenvalue weighted by atomic mass is 10.1. The Hall–Kier alpha value is -3.09. The molecule has 0 aliphatic rings. The van der Waals surface area contributed by atoms with Crippen molar-refractivity contribution in [2.24, 2.45) is 0 Å². The number of urea groups is 1. The Bertz CT molecular complexity index is 888. The van der Waals surface area contributed by atoms with Crippen molar-refractivity contribution in [3.8, 4) is 5.75 Å². The van der Waals surface area contributed by atoms with E-state index in [1.165, 1.54) is 62.0 Å². The molecule has 0 fully saturated rings. The average Bonchev–Trinajstić information content (AvgIpc) is 2.87. The lowest BCUT2D eigenvalue weighted by molar-refractivity contribution is -0.121. The molecule has 2 rings (SSSR count). The zero-order valence-corrected chi connectivity index (χ0v) is 21.9. The molecule has 0 aliphatic carbocycles. The summed E-state index contributed by atoms with van der Waals surface area (Å²) in [5.74, 6) is 0.337. The third-order valence-corrected chi connectivity index (χ3v) is 5.97. The number of hydrogen-bond donors (Lipinski definition) is 2. The summed E-state index contributed by atoms with van der Waals surface area (Å²) in [5.41, 5.74) is 1.16. The molecule has 0 atom stereocenters. The van der Waals surface area contributed by atoms with E-state index < -0.39 is 0 Å². The molecule has 0 aromatic heterocycles. The smallest absolute Gasteiger partial charge is 0.326 e. The number of nitrogens with one attached hydrogen (secondary N) is 2. The van der Waals surface area contributed by atoms with Crippen molar-refractivity contribution in [2.75, 3.05) is 29.9 Å². The summed E-state index contributed by atoms with van der Waals surface area (Å²) >= 11 is 0. The summed E-state index contributed by atoms with van der Waals surface area (Å²) in [6.07, 6.45) is 11.3. The topological polar surface area (TPSA) is 70.7 Å². The first-order valence-electron chi connectivity index (χ1n) is 13.4. The number of unbranched alkanes of at least 4 members (excludes halogenated alkanes) is 8. The summed E-state index contributed by atoms with van der Waals surface area (Å²) in [4.78, 5) is 26.8. The molecule has 2 N–H and O–H groups in total. The molecule has 0 unspecified atom stereocenters. The van der Waals surface area contributed by atoms with Gasteiger partial charge in [-0.2, -0.15) is 0 Å². The minimum absolute atomic E-state index is 0.0103. The molecule has 2 aromatic carbocycles. The molecule has 0 spiro atoms. The Morgan fingerprint density at radius 2 is 1.44 bits per heavy atom. The molecule has 2 aromatic rings. The summed E-state index contributed by atoms with van der Waals surface area (Å²) in [5, 5.41) is 5.77. The van der Waals surface area contributed by atoms with Crippen LogP contribution in [0.4, 0.5) is 20.6 Å². The number of nitrogens with zero attached hydrogens (tertiary/aromatic N) is 1. The van der Waals surface area contributed by atoms with Gasteiger partial charge in [0.2, 0.25) is 5.91 Å². The predicted molar refractivity (Wildman–Crippen MR) is 145 cm³/mol. The van der Waals surface area contributed by atoms with E-state index in [4.69, 9.17) is 4.74 Å². The molecule has 7 heteroatoms. The fourth-order valence-corrected chi connectivity index (χ4v) is 3.95. The maximum Gasteiger partial charge on any atom is 0.326 e. The monoisotopic (exact) mass is 499 g/mol. The van der Waals surface area contributed by atoms with Crippen LogP contribution < -0.4 is 20.3 Å². The number of carbonyl (C=O) groups excluding carboxylic acids is 2. The quantitative estimate of drug-likeness (QED) is 0.224. The first-order valence-corrected chi connectivity index (χ1v) is 13.4. The van der Waals surface area contributed by atoms with Crippen molar-refractivity contribution in [3.63, 3.8) is 0 Å². The second-order valence-corrected chi connectivity index (χ2v) is 8.94. The van der Waals surface area contributed by atoms with E-state index in [2.05, 4.69) is 17.6 Å². The SMILES string of the molecule is CCCCCCCCCCCC(=O)NCCN(C(=O)Nc1ccc(OCC)cc1)c1ccc(F)cc1. The van der Waals surface area contributed by atoms with Crippen LogP contribution in [-0.4, -0.2) is 31.6 Å². The number of hydrogen-bond acceptors (Lipinski definition) is 3. The minimum atomic E-state index is -0.375. The maximum absolute atomic E-state index is 13.4. The summed E-state index contributed by atoms with van der Waals surface area (Å²) < 4.78 is 18.9. The first-order chi connectivity index (χ1) is 17.5. The van der Waals surface area contributed by atoms with Crippen LogP contribution in [0.1, 0.15) is 78.1 Å². The van der Waals surface area contributed by atoms with Gasteiger partial charge in [0.25, 0.3) is 0 Å². The first kappa shape index (κ1) is 29.1. The Kier molecular flexibility index (Phi) is 14.1. The fraction of sp³-hybridized carbons (Fsp3) is 0.517. The van der Waals surface area contributed by atoms with Gasteiger partial charge in [-0.05, 0) is 61.9 Å². The van der Waals surface area contributed by atoms with Crippen LogP contribution in [0.25, 0.3) is 0 Å². The molecule has 36 heavy (non-hydrogen) atoms. The number of amides is 3. The van der Waals surface area contributed by atoms with Gasteiger partial charge in [0.1, 0.15) is 11.6 Å². The summed E-state index contributed by atoms with van der Waals surface area (Å²) in [6, 6.07) is 12.5. The predicted octanol–water partition coefficient (Wildman–Crippen LogP) is 7.30. The summed E-state index contributed by atoms with van der Waals surface area (Å²) in [6.45, 7) is 5.27. The molecule has 0 saturated carbocycles. The van der Waals surface area contributed by atoms with Gasteiger partial charge in [-0.3, -0.25) is 9.69 Å². The number of halogens is 1. The van der Waals surface area contributed by atoms with Crippen molar-refractivity contribution < 1.29 is 18.7 Å². The van der Waals surface area contributed by atoms with Crippen LogP contribution in [0.3, 0.4) is 0 Å². The van der Waals surface area contributed by atoms with Crippen LogP contribution in [0.15, 0.2) is 48.5 Å². The lowest BCUT2D eigenvalue weighted by Gasteiger charge is -2.23. The molecular formula is C29H42FN3O3. The largest absolute Gasteiger partial charge is 0.494 e. The Balaban J connectivity index is 1.78. The van der Waals surface area contributed by atoms with Gasteiger partial charge in [-0.15, -0.1) is 0 Å². The zero-order valence-electron chi connectivity index (χ0n) is 21.9. The number of anilines is 2. The van der Waals surface area contributed by atoms with Crippen LogP contribution in [0.2, 0.25) is 0 Å². The zero-order chi connectivity index (χ0) is 26.0. The number of ether oxygens (including phenoxy) is 1. The highest BCUT2D eigenvalue weighted by atomic mass is 19.1. The Labute approximate surface area is 215 Å². The van der Waals surface area contributed by atoms with Crippen molar-refractivity contribution in [1.29, 1.82) is 0 Å². The van der Waals surface area contributed by atoms with Crippen LogP contribution >= 0.6 is 0 Å². The molecule has 6 nitrogen and oxygen atoms in total. The minimum Gasteiger partial charge on any atom is -0.494 e. The molecule has 198 valence electrons. The summed E-state index contributed by atoms with van der Waals surface area (Å²) in [7, 11) is 0. The molecule has 0 aliphatic heterocycles. The van der Waals surface area contributed by atoms with E-state index in [1.54, 1.807) is 36.4 Å². The standard InChI is InChI=1S/C29H42FN3O3/c1-3-5-6-7-8-9-10-11-12-13-28(34)31-22-23-33(26-18-14-24(30)15-19-26)29(35)32-25-16-20-27(21-17-25)36-4-2/h14-21H,3-13,22-23H2,1-2H3,(H,31,34)(H,32,35). The Morgan fingerprint density at radius 3 is 2.06 bits per heavy atom. The van der Waals surface area contributed by atoms with Crippen LogP contribution in [-0.2, 0) is 4.79 Å². The number of rotatable bonds is 17. The molecule has 0 heterocycles. The van der Waals surface area contributed by atoms with Gasteiger partial charge >= 0.3 is 6.03 Å². The van der Waals surface area contributed by atoms with Gasteiger partial charge in [0, 0.05) is 30.9 Å². The third kappa shape index (κ3) is 11.6. The highest BCUT2D eigenvalue weighted by Crippen LogP contribution is 2.19. The third-order valence-electron chi connectivity index (χ3n) is 5.97. The van der Waals surface area contributed by atoms with E-state index in [9.17, 15) is 14.0 Å². The van der Waals surface area contributed by atoms with Gasteiger partial charge in [0.15, 0.2) is 0 Å². The average molecular weight is 500 g/mol. The van der Waals surface area contributed by atoms with Crippen molar-refractivity contribution in [2.45, 2.75) is 78.1 Å². The van der Waals surface area contributed by atoms with Crippen molar-refractivity contribution >= 4 is 23.3 Å². The maximum atomic E-state index is 13.4. The number of carbonyl (C=O) groups is 2. The fourth-order valence-electron chi connectivity index (χ4n) is 3.95. The van der Waals surface area contributed by atoms with Crippen LogP contribution in [0.5, 0.6) is 5.75 Å². The van der Waals surface area contributed by atoms with Crippen LogP contribution in [0, 0.1) is 5.82 Å². The molecular weight excluding hydrogens is 457 g/mol. The van der Waals surface area contributed by atoms with Gasteiger partial charge in [-0.1, -0.05) is 58.3 Å². The molecule has 0 radical (unpaired) electrons. The highest BCUT2D eigenvalue weighted by Gasteiger charge is 2.16. The van der Waals surface area contributed by atoms with Gasteiger partial charge in [-0.25, -0.2) is 9.18 Å². The lowest BCUT2D eigenvalue weighted by Crippen LogP contribution is -2.41. The molecule has 0 saturated heterocycles. The normalized spacial score (nSPS) is 10.6. The molecule has 0 bridgehead atoms. The van der Waals surface area contributed by atoms with Gasteiger partial charge in [0.05, 0.1) is 6.61 Å². The van der Waals surface area contributed by atoms with Crippen molar-refractivity contribution in [1.82, 2.24) is 5.32 Å². The Morgan fingerprint density at radius 1 is 0.833 bits per heavy atom. The van der Waals surface area contributed by atoms with E-state index in [0.717, 1.165) is 18.6 Å².